The van der Waals surface area contributed by atoms with Crippen LogP contribution < -0.4 is 5.56 Å². The zero-order valence-corrected chi connectivity index (χ0v) is 12.9. The third-order valence-corrected chi connectivity index (χ3v) is 4.84. The number of hydrogen-bond acceptors (Lipinski definition) is 4. The van der Waals surface area contributed by atoms with Crippen molar-refractivity contribution in [2.75, 3.05) is 0 Å². The first-order valence-electron chi connectivity index (χ1n) is 7.48. The van der Waals surface area contributed by atoms with Crippen molar-refractivity contribution >= 4 is 22.8 Å². The smallest absolute Gasteiger partial charge is 0.254 e. The van der Waals surface area contributed by atoms with E-state index in [2.05, 4.69) is 19.9 Å². The second-order valence-electron chi connectivity index (χ2n) is 5.49. The molecule has 6 heteroatoms. The van der Waals surface area contributed by atoms with Gasteiger partial charge in [0.2, 0.25) is 0 Å². The number of nitrogens with zero attached hydrogens (tertiary/aromatic N) is 2. The van der Waals surface area contributed by atoms with Crippen LogP contribution in [0.1, 0.15) is 29.9 Å². The SMILES string of the molecule is O=c1[nH]c(SCc2nc3ccccc3[nH]2)nc2c1CCCC2. The number of imidazole rings is 1. The second kappa shape index (κ2) is 5.61. The van der Waals surface area contributed by atoms with Gasteiger partial charge in [0, 0.05) is 5.56 Å². The molecule has 0 spiro atoms. The maximum atomic E-state index is 12.1. The summed E-state index contributed by atoms with van der Waals surface area (Å²) >= 11 is 1.52. The van der Waals surface area contributed by atoms with Crippen molar-refractivity contribution in [2.45, 2.75) is 36.6 Å². The van der Waals surface area contributed by atoms with E-state index in [1.165, 1.54) is 11.8 Å². The van der Waals surface area contributed by atoms with E-state index in [1.807, 2.05) is 24.3 Å². The number of hydrogen-bond donors (Lipinski definition) is 2. The van der Waals surface area contributed by atoms with Crippen molar-refractivity contribution in [3.63, 3.8) is 0 Å². The molecule has 0 atom stereocenters. The number of para-hydroxylation sites is 2. The molecule has 0 radical (unpaired) electrons. The van der Waals surface area contributed by atoms with Crippen LogP contribution in [0.25, 0.3) is 11.0 Å². The Morgan fingerprint density at radius 2 is 1.95 bits per heavy atom. The molecule has 2 heterocycles. The largest absolute Gasteiger partial charge is 0.341 e. The highest BCUT2D eigenvalue weighted by molar-refractivity contribution is 7.98. The number of aryl methyl sites for hydroxylation is 1. The molecule has 1 aliphatic carbocycles. The number of aromatic amines is 2. The van der Waals surface area contributed by atoms with Gasteiger partial charge < -0.3 is 9.97 Å². The molecule has 22 heavy (non-hydrogen) atoms. The van der Waals surface area contributed by atoms with Crippen LogP contribution in [0.3, 0.4) is 0 Å². The Labute approximate surface area is 131 Å². The Morgan fingerprint density at radius 3 is 2.86 bits per heavy atom. The van der Waals surface area contributed by atoms with Gasteiger partial charge in [0.25, 0.3) is 5.56 Å². The van der Waals surface area contributed by atoms with Crippen LogP contribution in [-0.2, 0) is 18.6 Å². The Hall–Kier alpha value is -2.08. The maximum Gasteiger partial charge on any atom is 0.254 e. The molecule has 1 aromatic carbocycles. The van der Waals surface area contributed by atoms with Crippen molar-refractivity contribution in [3.05, 3.63) is 51.7 Å². The summed E-state index contributed by atoms with van der Waals surface area (Å²) in [4.78, 5) is 27.4. The number of benzene rings is 1. The zero-order chi connectivity index (χ0) is 14.9. The molecule has 0 bridgehead atoms. The lowest BCUT2D eigenvalue weighted by Crippen LogP contribution is -2.21. The molecule has 4 rings (SSSR count). The number of thioether (sulfide) groups is 1. The van der Waals surface area contributed by atoms with Crippen LogP contribution in [0.5, 0.6) is 0 Å². The standard InChI is InChI=1S/C16H16N4OS/c21-15-10-5-1-2-6-11(10)19-16(20-15)22-9-14-17-12-7-3-4-8-13(12)18-14/h3-4,7-8H,1-2,5-6,9H2,(H,17,18)(H,19,20,21). The zero-order valence-electron chi connectivity index (χ0n) is 12.1. The van der Waals surface area contributed by atoms with Gasteiger partial charge in [-0.05, 0) is 37.8 Å². The van der Waals surface area contributed by atoms with Crippen molar-refractivity contribution in [1.29, 1.82) is 0 Å². The summed E-state index contributed by atoms with van der Waals surface area (Å²) in [7, 11) is 0. The highest BCUT2D eigenvalue weighted by Gasteiger charge is 2.15. The van der Waals surface area contributed by atoms with E-state index >= 15 is 0 Å². The summed E-state index contributed by atoms with van der Waals surface area (Å²) in [5, 5.41) is 0.686. The molecule has 5 nitrogen and oxygen atoms in total. The third-order valence-electron chi connectivity index (χ3n) is 3.95. The van der Waals surface area contributed by atoms with E-state index < -0.39 is 0 Å². The first-order chi connectivity index (χ1) is 10.8. The van der Waals surface area contributed by atoms with E-state index in [1.54, 1.807) is 0 Å². The highest BCUT2D eigenvalue weighted by atomic mass is 32.2. The van der Waals surface area contributed by atoms with Gasteiger partial charge in [-0.15, -0.1) is 0 Å². The van der Waals surface area contributed by atoms with E-state index in [0.29, 0.717) is 10.9 Å². The number of rotatable bonds is 3. The second-order valence-corrected chi connectivity index (χ2v) is 6.46. The van der Waals surface area contributed by atoms with E-state index in [0.717, 1.165) is 53.8 Å². The normalized spacial score (nSPS) is 14.2. The van der Waals surface area contributed by atoms with Crippen molar-refractivity contribution in [2.24, 2.45) is 0 Å². The third kappa shape index (κ3) is 2.54. The lowest BCUT2D eigenvalue weighted by Gasteiger charge is -2.13. The first kappa shape index (κ1) is 13.6. The molecule has 1 aliphatic rings. The molecule has 2 N–H and O–H groups in total. The molecular formula is C16H16N4OS. The van der Waals surface area contributed by atoms with Crippen LogP contribution in [0.2, 0.25) is 0 Å². The van der Waals surface area contributed by atoms with Crippen molar-refractivity contribution in [3.8, 4) is 0 Å². The average Bonchev–Trinajstić information content (AvgIpc) is 2.96. The fourth-order valence-electron chi connectivity index (χ4n) is 2.86. The molecule has 0 amide bonds. The monoisotopic (exact) mass is 312 g/mol. The van der Waals surface area contributed by atoms with Crippen LogP contribution in [0, 0.1) is 0 Å². The summed E-state index contributed by atoms with van der Waals surface area (Å²) in [6.07, 6.45) is 3.98. The van der Waals surface area contributed by atoms with E-state index in [9.17, 15) is 4.79 Å². The summed E-state index contributed by atoms with van der Waals surface area (Å²) in [6.45, 7) is 0. The fourth-order valence-corrected chi connectivity index (χ4v) is 3.61. The predicted molar refractivity (Wildman–Crippen MR) is 87.2 cm³/mol. The molecule has 112 valence electrons. The molecular weight excluding hydrogens is 296 g/mol. The van der Waals surface area contributed by atoms with Gasteiger partial charge in [0.15, 0.2) is 5.16 Å². The molecule has 3 aromatic rings. The number of H-pyrrole nitrogens is 2. The van der Waals surface area contributed by atoms with Gasteiger partial charge in [-0.2, -0.15) is 0 Å². The summed E-state index contributed by atoms with van der Waals surface area (Å²) < 4.78 is 0. The first-order valence-corrected chi connectivity index (χ1v) is 8.46. The van der Waals surface area contributed by atoms with Gasteiger partial charge in [-0.1, -0.05) is 23.9 Å². The molecule has 0 fully saturated rings. The fraction of sp³-hybridized carbons (Fsp3) is 0.312. The quantitative estimate of drug-likeness (QED) is 0.576. The Kier molecular flexibility index (Phi) is 3.46. The van der Waals surface area contributed by atoms with Gasteiger partial charge in [-0.3, -0.25) is 4.79 Å². The van der Waals surface area contributed by atoms with Gasteiger partial charge in [-0.25, -0.2) is 9.97 Å². The lowest BCUT2D eigenvalue weighted by molar-refractivity contribution is 0.641. The Balaban J connectivity index is 1.56. The van der Waals surface area contributed by atoms with Gasteiger partial charge >= 0.3 is 0 Å². The summed E-state index contributed by atoms with van der Waals surface area (Å²) in [5.41, 5.74) is 3.87. The van der Waals surface area contributed by atoms with Crippen LogP contribution in [0.15, 0.2) is 34.2 Å². The molecule has 0 unspecified atom stereocenters. The summed E-state index contributed by atoms with van der Waals surface area (Å²) in [6, 6.07) is 7.96. The minimum absolute atomic E-state index is 0.0248. The van der Waals surface area contributed by atoms with Crippen LogP contribution in [-0.4, -0.2) is 19.9 Å². The van der Waals surface area contributed by atoms with Gasteiger partial charge in [0.1, 0.15) is 5.82 Å². The molecule has 0 saturated carbocycles. The van der Waals surface area contributed by atoms with E-state index in [-0.39, 0.29) is 5.56 Å². The topological polar surface area (TPSA) is 74.4 Å². The minimum Gasteiger partial charge on any atom is -0.341 e. The molecule has 2 aromatic heterocycles. The predicted octanol–water partition coefficient (Wildman–Crippen LogP) is 2.82. The minimum atomic E-state index is 0.0248. The Morgan fingerprint density at radius 1 is 1.09 bits per heavy atom. The number of fused-ring (bicyclic) bond motifs is 2. The van der Waals surface area contributed by atoms with E-state index in [4.69, 9.17) is 0 Å². The highest BCUT2D eigenvalue weighted by Crippen LogP contribution is 2.22. The number of nitrogens with one attached hydrogen (secondary N) is 2. The molecule has 0 saturated heterocycles. The lowest BCUT2D eigenvalue weighted by atomic mass is 9.97. The van der Waals surface area contributed by atoms with Gasteiger partial charge in [0.05, 0.1) is 22.5 Å². The van der Waals surface area contributed by atoms with Crippen molar-refractivity contribution in [1.82, 2.24) is 19.9 Å². The van der Waals surface area contributed by atoms with Crippen LogP contribution >= 0.6 is 11.8 Å². The van der Waals surface area contributed by atoms with Crippen molar-refractivity contribution < 1.29 is 0 Å². The summed E-state index contributed by atoms with van der Waals surface area (Å²) in [5.74, 6) is 1.56. The van der Waals surface area contributed by atoms with Crippen LogP contribution in [0.4, 0.5) is 0 Å². The average molecular weight is 312 g/mol. The Bertz CT molecular complexity index is 850. The maximum absolute atomic E-state index is 12.1. The molecule has 0 aliphatic heterocycles. The number of aromatic nitrogens is 4.